The van der Waals surface area contributed by atoms with E-state index < -0.39 is 11.8 Å². The maximum absolute atomic E-state index is 13.6. The van der Waals surface area contributed by atoms with Crippen LogP contribution in [-0.2, 0) is 11.2 Å². The first kappa shape index (κ1) is 14.5. The Morgan fingerprint density at radius 3 is 2.95 bits per heavy atom. The molecule has 1 unspecified atom stereocenters. The zero-order chi connectivity index (χ0) is 14.7. The van der Waals surface area contributed by atoms with E-state index in [0.29, 0.717) is 11.4 Å². The highest BCUT2D eigenvalue weighted by molar-refractivity contribution is 6.30. The van der Waals surface area contributed by atoms with E-state index in [9.17, 15) is 9.18 Å². The fourth-order valence-electron chi connectivity index (χ4n) is 1.77. The lowest BCUT2D eigenvalue weighted by Gasteiger charge is -2.03. The van der Waals surface area contributed by atoms with Gasteiger partial charge in [-0.2, -0.15) is 0 Å². The van der Waals surface area contributed by atoms with Gasteiger partial charge in [0.25, 0.3) is 5.89 Å². The molecule has 2 aromatic rings. The van der Waals surface area contributed by atoms with Crippen molar-refractivity contribution in [2.24, 2.45) is 5.92 Å². The molecule has 0 radical (unpaired) electrons. The predicted octanol–water partition coefficient (Wildman–Crippen LogP) is 3.18. The highest BCUT2D eigenvalue weighted by Crippen LogP contribution is 2.25. The molecule has 0 aliphatic carbocycles. The zero-order valence-electron chi connectivity index (χ0n) is 10.6. The minimum absolute atomic E-state index is 0.00321. The van der Waals surface area contributed by atoms with Gasteiger partial charge in [-0.3, -0.25) is 4.79 Å². The van der Waals surface area contributed by atoms with Gasteiger partial charge < -0.3 is 9.52 Å². The number of rotatable bonds is 5. The van der Waals surface area contributed by atoms with Gasteiger partial charge in [0, 0.05) is 17.9 Å². The van der Waals surface area contributed by atoms with E-state index in [1.54, 1.807) is 6.92 Å². The van der Waals surface area contributed by atoms with Gasteiger partial charge in [0.15, 0.2) is 0 Å². The molecule has 1 heterocycles. The summed E-state index contributed by atoms with van der Waals surface area (Å²) in [5, 5.41) is 16.6. The summed E-state index contributed by atoms with van der Waals surface area (Å²) < 4.78 is 19.0. The summed E-state index contributed by atoms with van der Waals surface area (Å²) in [7, 11) is 0. The summed E-state index contributed by atoms with van der Waals surface area (Å²) in [5.74, 6) is -1.25. The van der Waals surface area contributed by atoms with Crippen LogP contribution in [0.25, 0.3) is 11.5 Å². The van der Waals surface area contributed by atoms with Crippen LogP contribution in [-0.4, -0.2) is 21.3 Å². The van der Waals surface area contributed by atoms with Crippen molar-refractivity contribution in [3.63, 3.8) is 0 Å². The van der Waals surface area contributed by atoms with Gasteiger partial charge in [0.05, 0.1) is 5.56 Å². The van der Waals surface area contributed by atoms with Crippen LogP contribution in [0.2, 0.25) is 5.02 Å². The Bertz CT molecular complexity index is 630. The van der Waals surface area contributed by atoms with Crippen LogP contribution in [0.3, 0.4) is 0 Å². The number of carbonyl (C=O) groups is 1. The van der Waals surface area contributed by atoms with Crippen molar-refractivity contribution in [3.8, 4) is 11.5 Å². The summed E-state index contributed by atoms with van der Waals surface area (Å²) in [6.07, 6.45) is 0.324. The van der Waals surface area contributed by atoms with Crippen molar-refractivity contribution in [2.45, 2.75) is 19.8 Å². The molecule has 0 amide bonds. The first-order valence-corrected chi connectivity index (χ1v) is 6.33. The van der Waals surface area contributed by atoms with E-state index in [4.69, 9.17) is 21.1 Å². The number of hydrogen-bond donors (Lipinski definition) is 1. The first-order chi connectivity index (χ1) is 9.45. The third-order valence-electron chi connectivity index (χ3n) is 2.67. The highest BCUT2D eigenvalue weighted by atomic mass is 35.5. The molecule has 0 fully saturated rings. The van der Waals surface area contributed by atoms with Crippen LogP contribution in [0.4, 0.5) is 4.39 Å². The molecule has 1 N–H and O–H groups in total. The van der Waals surface area contributed by atoms with Crippen molar-refractivity contribution < 1.29 is 18.7 Å². The summed E-state index contributed by atoms with van der Waals surface area (Å²) >= 11 is 5.79. The fraction of sp³-hybridized carbons (Fsp3) is 0.308. The fourth-order valence-corrected chi connectivity index (χ4v) is 1.95. The molecular formula is C13H12ClFN2O3. The largest absolute Gasteiger partial charge is 0.481 e. The van der Waals surface area contributed by atoms with Crippen molar-refractivity contribution in [2.75, 3.05) is 0 Å². The first-order valence-electron chi connectivity index (χ1n) is 5.95. The Labute approximate surface area is 119 Å². The second-order valence-electron chi connectivity index (χ2n) is 4.53. The second-order valence-corrected chi connectivity index (χ2v) is 4.97. The Kier molecular flexibility index (Phi) is 4.34. The Hall–Kier alpha value is -1.95. The van der Waals surface area contributed by atoms with Crippen LogP contribution in [0, 0.1) is 11.7 Å². The smallest absolute Gasteiger partial charge is 0.303 e. The lowest BCUT2D eigenvalue weighted by Crippen LogP contribution is -2.07. The minimum Gasteiger partial charge on any atom is -0.481 e. The van der Waals surface area contributed by atoms with E-state index in [1.165, 1.54) is 18.2 Å². The van der Waals surface area contributed by atoms with Crippen molar-refractivity contribution in [3.05, 3.63) is 34.9 Å². The summed E-state index contributed by atoms with van der Waals surface area (Å²) in [4.78, 5) is 10.6. The number of carboxylic acid groups (broad SMARTS) is 1. The van der Waals surface area contributed by atoms with Crippen LogP contribution >= 0.6 is 11.6 Å². The van der Waals surface area contributed by atoms with Crippen LogP contribution in [0.15, 0.2) is 22.6 Å². The SMILES string of the molecule is CC(CC(=O)O)Cc1nnc(-c2cc(Cl)ccc2F)o1. The number of benzene rings is 1. The average molecular weight is 299 g/mol. The van der Waals surface area contributed by atoms with Gasteiger partial charge in [0.1, 0.15) is 5.82 Å². The standard InChI is InChI=1S/C13H12ClFN2O3/c1-7(5-12(18)19)4-11-16-17-13(20-11)9-6-8(14)2-3-10(9)15/h2-3,6-7H,4-5H2,1H3,(H,18,19). The molecule has 106 valence electrons. The molecule has 0 saturated heterocycles. The predicted molar refractivity (Wildman–Crippen MR) is 69.8 cm³/mol. The molecule has 0 spiro atoms. The summed E-state index contributed by atoms with van der Waals surface area (Å²) in [5.41, 5.74) is 0.127. The number of halogens is 2. The van der Waals surface area contributed by atoms with Crippen molar-refractivity contribution in [1.82, 2.24) is 10.2 Å². The molecule has 0 bridgehead atoms. The summed E-state index contributed by atoms with van der Waals surface area (Å²) in [6, 6.07) is 4.04. The van der Waals surface area contributed by atoms with Gasteiger partial charge in [0.2, 0.25) is 5.89 Å². The van der Waals surface area contributed by atoms with Gasteiger partial charge in [-0.25, -0.2) is 4.39 Å². The monoisotopic (exact) mass is 298 g/mol. The quantitative estimate of drug-likeness (QED) is 0.917. The molecule has 1 aromatic carbocycles. The molecule has 1 aromatic heterocycles. The van der Waals surface area contributed by atoms with E-state index in [-0.39, 0.29) is 29.7 Å². The normalized spacial score (nSPS) is 12.3. The number of nitrogens with zero attached hydrogens (tertiary/aromatic N) is 2. The number of carboxylic acids is 1. The Morgan fingerprint density at radius 2 is 2.25 bits per heavy atom. The van der Waals surface area contributed by atoms with Gasteiger partial charge in [-0.05, 0) is 24.1 Å². The lowest BCUT2D eigenvalue weighted by atomic mass is 10.0. The Morgan fingerprint density at radius 1 is 1.50 bits per heavy atom. The van der Waals surface area contributed by atoms with Crippen LogP contribution in [0.5, 0.6) is 0 Å². The van der Waals surface area contributed by atoms with E-state index in [1.807, 2.05) is 0 Å². The third kappa shape index (κ3) is 3.54. The Balaban J connectivity index is 2.16. The second kappa shape index (κ2) is 6.00. The molecule has 0 aliphatic rings. The topological polar surface area (TPSA) is 76.2 Å². The van der Waals surface area contributed by atoms with Crippen molar-refractivity contribution >= 4 is 17.6 Å². The van der Waals surface area contributed by atoms with Gasteiger partial charge in [-0.1, -0.05) is 18.5 Å². The maximum atomic E-state index is 13.6. The van der Waals surface area contributed by atoms with Gasteiger partial charge >= 0.3 is 5.97 Å². The van der Waals surface area contributed by atoms with Crippen molar-refractivity contribution in [1.29, 1.82) is 0 Å². The average Bonchev–Trinajstić information content (AvgIpc) is 2.79. The summed E-state index contributed by atoms with van der Waals surface area (Å²) in [6.45, 7) is 1.76. The molecule has 0 aliphatic heterocycles. The molecule has 0 saturated carbocycles. The lowest BCUT2D eigenvalue weighted by molar-refractivity contribution is -0.137. The highest BCUT2D eigenvalue weighted by Gasteiger charge is 2.16. The molecular weight excluding hydrogens is 287 g/mol. The number of aliphatic carboxylic acids is 1. The maximum Gasteiger partial charge on any atom is 0.303 e. The van der Waals surface area contributed by atoms with E-state index in [2.05, 4.69) is 10.2 Å². The van der Waals surface area contributed by atoms with E-state index in [0.717, 1.165) is 0 Å². The number of aromatic nitrogens is 2. The molecule has 2 rings (SSSR count). The zero-order valence-corrected chi connectivity index (χ0v) is 11.4. The van der Waals surface area contributed by atoms with Gasteiger partial charge in [-0.15, -0.1) is 10.2 Å². The molecule has 7 heteroatoms. The van der Waals surface area contributed by atoms with Crippen LogP contribution in [0.1, 0.15) is 19.2 Å². The molecule has 1 atom stereocenters. The van der Waals surface area contributed by atoms with Crippen LogP contribution < -0.4 is 0 Å². The third-order valence-corrected chi connectivity index (χ3v) is 2.91. The number of hydrogen-bond acceptors (Lipinski definition) is 4. The minimum atomic E-state index is -0.891. The molecule has 20 heavy (non-hydrogen) atoms. The van der Waals surface area contributed by atoms with E-state index >= 15 is 0 Å². The molecule has 5 nitrogen and oxygen atoms in total.